The molecule has 1 unspecified atom stereocenters. The summed E-state index contributed by atoms with van der Waals surface area (Å²) in [5.74, 6) is 0. The van der Waals surface area contributed by atoms with Gasteiger partial charge in [0.1, 0.15) is 5.67 Å². The summed E-state index contributed by atoms with van der Waals surface area (Å²) >= 11 is 3.41. The summed E-state index contributed by atoms with van der Waals surface area (Å²) in [5, 5.41) is 3.25. The quantitative estimate of drug-likeness (QED) is 0.745. The van der Waals surface area contributed by atoms with E-state index in [0.717, 1.165) is 28.7 Å². The van der Waals surface area contributed by atoms with E-state index in [0.29, 0.717) is 6.42 Å². The minimum atomic E-state index is -1.22. The second kappa shape index (κ2) is 3.54. The third-order valence-corrected chi connectivity index (χ3v) is 3.33. The van der Waals surface area contributed by atoms with Gasteiger partial charge in [-0.1, -0.05) is 22.0 Å². The van der Waals surface area contributed by atoms with Crippen LogP contribution in [0.4, 0.5) is 10.1 Å². The number of anilines is 1. The molecule has 2 rings (SSSR count). The van der Waals surface area contributed by atoms with Crippen molar-refractivity contribution in [3.8, 4) is 0 Å². The zero-order valence-corrected chi connectivity index (χ0v) is 9.70. The van der Waals surface area contributed by atoms with Crippen molar-refractivity contribution in [2.45, 2.75) is 25.4 Å². The average molecular weight is 258 g/mol. The van der Waals surface area contributed by atoms with E-state index in [-0.39, 0.29) is 0 Å². The van der Waals surface area contributed by atoms with Crippen LogP contribution in [0, 0.1) is 0 Å². The summed E-state index contributed by atoms with van der Waals surface area (Å²) < 4.78 is 15.2. The Morgan fingerprint density at radius 1 is 1.50 bits per heavy atom. The highest BCUT2D eigenvalue weighted by Crippen LogP contribution is 2.41. The van der Waals surface area contributed by atoms with Gasteiger partial charge in [-0.3, -0.25) is 0 Å². The normalized spacial score (nSPS) is 26.2. The molecule has 0 aromatic heterocycles. The highest BCUT2D eigenvalue weighted by molar-refractivity contribution is 9.10. The van der Waals surface area contributed by atoms with Crippen LogP contribution in [0.25, 0.3) is 0 Å². The molecule has 1 nitrogen and oxygen atoms in total. The fourth-order valence-corrected chi connectivity index (χ4v) is 2.75. The van der Waals surface area contributed by atoms with E-state index in [1.807, 2.05) is 18.2 Å². The lowest BCUT2D eigenvalue weighted by molar-refractivity contribution is 0.177. The summed E-state index contributed by atoms with van der Waals surface area (Å²) in [7, 11) is 0. The number of hydrogen-bond donors (Lipinski definition) is 1. The van der Waals surface area contributed by atoms with Gasteiger partial charge in [-0.05, 0) is 31.9 Å². The molecular formula is C11H13BrFN. The van der Waals surface area contributed by atoms with E-state index in [4.69, 9.17) is 0 Å². The Morgan fingerprint density at radius 2 is 2.29 bits per heavy atom. The van der Waals surface area contributed by atoms with Crippen molar-refractivity contribution in [1.82, 2.24) is 0 Å². The molecule has 0 spiro atoms. The largest absolute Gasteiger partial charge is 0.385 e. The van der Waals surface area contributed by atoms with Crippen LogP contribution in [0.3, 0.4) is 0 Å². The van der Waals surface area contributed by atoms with Gasteiger partial charge >= 0.3 is 0 Å². The molecule has 0 radical (unpaired) electrons. The summed E-state index contributed by atoms with van der Waals surface area (Å²) in [6, 6.07) is 5.75. The van der Waals surface area contributed by atoms with Gasteiger partial charge in [-0.2, -0.15) is 0 Å². The second-order valence-electron chi connectivity index (χ2n) is 3.89. The maximum absolute atomic E-state index is 14.3. The molecular weight excluding hydrogens is 245 g/mol. The van der Waals surface area contributed by atoms with Gasteiger partial charge in [-0.25, -0.2) is 4.39 Å². The molecule has 1 aromatic carbocycles. The number of alkyl halides is 1. The number of halogens is 2. The number of nitrogens with one attached hydrogen (secondary N) is 1. The highest BCUT2D eigenvalue weighted by Gasteiger charge is 2.32. The number of hydrogen-bond acceptors (Lipinski definition) is 1. The molecule has 1 atom stereocenters. The molecule has 76 valence electrons. The summed E-state index contributed by atoms with van der Waals surface area (Å²) in [4.78, 5) is 0. The lowest BCUT2D eigenvalue weighted by Gasteiger charge is -2.21. The molecule has 1 aliphatic heterocycles. The first-order valence-electron chi connectivity index (χ1n) is 4.83. The van der Waals surface area contributed by atoms with Crippen LogP contribution < -0.4 is 5.32 Å². The monoisotopic (exact) mass is 257 g/mol. The van der Waals surface area contributed by atoms with Gasteiger partial charge in [-0.15, -0.1) is 0 Å². The minimum Gasteiger partial charge on any atom is -0.385 e. The van der Waals surface area contributed by atoms with Crippen LogP contribution in [-0.2, 0) is 5.67 Å². The second-order valence-corrected chi connectivity index (χ2v) is 4.74. The molecule has 0 saturated carbocycles. The van der Waals surface area contributed by atoms with Crippen molar-refractivity contribution < 1.29 is 4.39 Å². The summed E-state index contributed by atoms with van der Waals surface area (Å²) in [6.07, 6.45) is 1.45. The van der Waals surface area contributed by atoms with Crippen molar-refractivity contribution in [2.24, 2.45) is 0 Å². The van der Waals surface area contributed by atoms with Crippen LogP contribution in [0.2, 0.25) is 0 Å². The fraction of sp³-hybridized carbons (Fsp3) is 0.455. The SMILES string of the molecule is CC1(F)CCCNc2cccc(Br)c21. The maximum Gasteiger partial charge on any atom is 0.136 e. The predicted octanol–water partition coefficient (Wildman–Crippen LogP) is 3.84. The summed E-state index contributed by atoms with van der Waals surface area (Å²) in [6.45, 7) is 2.51. The molecule has 1 aromatic rings. The Labute approximate surface area is 91.8 Å². The zero-order valence-electron chi connectivity index (χ0n) is 8.11. The van der Waals surface area contributed by atoms with E-state index in [1.165, 1.54) is 0 Å². The first kappa shape index (κ1) is 9.97. The third kappa shape index (κ3) is 1.65. The van der Waals surface area contributed by atoms with Crippen molar-refractivity contribution in [3.05, 3.63) is 28.2 Å². The van der Waals surface area contributed by atoms with Gasteiger partial charge in [0.15, 0.2) is 0 Å². The molecule has 1 heterocycles. The van der Waals surface area contributed by atoms with Crippen molar-refractivity contribution in [1.29, 1.82) is 0 Å². The van der Waals surface area contributed by atoms with E-state index < -0.39 is 5.67 Å². The van der Waals surface area contributed by atoms with E-state index >= 15 is 0 Å². The Bertz CT molecular complexity index is 349. The lowest BCUT2D eigenvalue weighted by Crippen LogP contribution is -2.15. The maximum atomic E-state index is 14.3. The molecule has 1 aliphatic rings. The van der Waals surface area contributed by atoms with E-state index in [1.54, 1.807) is 6.92 Å². The van der Waals surface area contributed by atoms with Crippen molar-refractivity contribution in [3.63, 3.8) is 0 Å². The molecule has 14 heavy (non-hydrogen) atoms. The third-order valence-electron chi connectivity index (χ3n) is 2.67. The van der Waals surface area contributed by atoms with Crippen molar-refractivity contribution in [2.75, 3.05) is 11.9 Å². The van der Waals surface area contributed by atoms with Crippen molar-refractivity contribution >= 4 is 21.6 Å². The Morgan fingerprint density at radius 3 is 3.07 bits per heavy atom. The minimum absolute atomic E-state index is 0.579. The molecule has 0 aliphatic carbocycles. The average Bonchev–Trinajstić information content (AvgIpc) is 2.25. The zero-order chi connectivity index (χ0) is 10.2. The smallest absolute Gasteiger partial charge is 0.136 e. The van der Waals surface area contributed by atoms with Crippen LogP contribution >= 0.6 is 15.9 Å². The first-order valence-corrected chi connectivity index (χ1v) is 5.62. The molecule has 0 fully saturated rings. The van der Waals surface area contributed by atoms with E-state index in [2.05, 4.69) is 21.2 Å². The van der Waals surface area contributed by atoms with Crippen LogP contribution in [0.5, 0.6) is 0 Å². The van der Waals surface area contributed by atoms with Gasteiger partial charge < -0.3 is 5.32 Å². The number of rotatable bonds is 0. The highest BCUT2D eigenvalue weighted by atomic mass is 79.9. The molecule has 0 amide bonds. The Balaban J connectivity index is 2.58. The topological polar surface area (TPSA) is 12.0 Å². The molecule has 0 saturated heterocycles. The fourth-order valence-electron chi connectivity index (χ4n) is 1.97. The molecule has 1 N–H and O–H groups in total. The van der Waals surface area contributed by atoms with E-state index in [9.17, 15) is 4.39 Å². The van der Waals surface area contributed by atoms with Crippen LogP contribution in [0.1, 0.15) is 25.3 Å². The predicted molar refractivity (Wildman–Crippen MR) is 60.3 cm³/mol. The van der Waals surface area contributed by atoms with Gasteiger partial charge in [0.2, 0.25) is 0 Å². The lowest BCUT2D eigenvalue weighted by atomic mass is 9.93. The summed E-state index contributed by atoms with van der Waals surface area (Å²) in [5.41, 5.74) is 0.457. The number of fused-ring (bicyclic) bond motifs is 1. The Hall–Kier alpha value is -0.570. The molecule has 0 bridgehead atoms. The number of benzene rings is 1. The Kier molecular flexibility index (Phi) is 2.52. The van der Waals surface area contributed by atoms with Gasteiger partial charge in [0.25, 0.3) is 0 Å². The molecule has 3 heteroatoms. The van der Waals surface area contributed by atoms with Gasteiger partial charge in [0.05, 0.1) is 0 Å². The van der Waals surface area contributed by atoms with Crippen LogP contribution in [-0.4, -0.2) is 6.54 Å². The van der Waals surface area contributed by atoms with Gasteiger partial charge in [0, 0.05) is 22.3 Å². The van der Waals surface area contributed by atoms with Crippen LogP contribution in [0.15, 0.2) is 22.7 Å². The first-order chi connectivity index (χ1) is 6.61. The standard InChI is InChI=1S/C11H13BrFN/c1-11(13)6-3-7-14-9-5-2-4-8(12)10(9)11/h2,4-5,14H,3,6-7H2,1H3.